The zero-order valence-corrected chi connectivity index (χ0v) is 8.94. The van der Waals surface area contributed by atoms with Crippen LogP contribution in [-0.4, -0.2) is 41.0 Å². The van der Waals surface area contributed by atoms with Crippen LogP contribution in [0.5, 0.6) is 0 Å². The third kappa shape index (κ3) is 5.11. The number of aryl methyl sites for hydroxylation is 1. The lowest BCUT2D eigenvalue weighted by molar-refractivity contribution is -0.120. The predicted octanol–water partition coefficient (Wildman–Crippen LogP) is -0.606. The van der Waals surface area contributed by atoms with Crippen molar-refractivity contribution in [2.24, 2.45) is 0 Å². The fourth-order valence-electron chi connectivity index (χ4n) is 1.15. The molecule has 1 heterocycles. The number of aromatic nitrogens is 3. The second-order valence-electron chi connectivity index (χ2n) is 3.22. The lowest BCUT2D eigenvalue weighted by Gasteiger charge is -2.04. The topological polar surface area (TPSA) is 71.8 Å². The minimum Gasteiger partial charge on any atom is -0.356 e. The van der Waals surface area contributed by atoms with Crippen molar-refractivity contribution in [2.45, 2.75) is 19.4 Å². The fourth-order valence-corrected chi connectivity index (χ4v) is 1.15. The molecule has 1 aromatic rings. The van der Waals surface area contributed by atoms with Crippen LogP contribution < -0.4 is 10.6 Å². The Morgan fingerprint density at radius 2 is 2.33 bits per heavy atom. The first-order valence-corrected chi connectivity index (χ1v) is 5.08. The molecular formula is C9H17N5O. The van der Waals surface area contributed by atoms with Crippen LogP contribution in [0.4, 0.5) is 0 Å². The van der Waals surface area contributed by atoms with E-state index in [4.69, 9.17) is 0 Å². The van der Waals surface area contributed by atoms with Crippen molar-refractivity contribution in [3.8, 4) is 0 Å². The minimum atomic E-state index is 0.0861. The van der Waals surface area contributed by atoms with Gasteiger partial charge >= 0.3 is 0 Å². The van der Waals surface area contributed by atoms with Gasteiger partial charge < -0.3 is 10.6 Å². The smallest absolute Gasteiger partial charge is 0.221 e. The molecule has 1 rings (SSSR count). The first-order valence-electron chi connectivity index (χ1n) is 5.08. The van der Waals surface area contributed by atoms with E-state index < -0.39 is 0 Å². The highest BCUT2D eigenvalue weighted by molar-refractivity contribution is 5.75. The van der Waals surface area contributed by atoms with Crippen molar-refractivity contribution >= 4 is 5.91 Å². The van der Waals surface area contributed by atoms with Crippen LogP contribution in [0.3, 0.4) is 0 Å². The average molecular weight is 211 g/mol. The number of rotatable bonds is 7. The van der Waals surface area contributed by atoms with E-state index >= 15 is 0 Å². The third-order valence-electron chi connectivity index (χ3n) is 1.96. The molecule has 0 aliphatic heterocycles. The Hall–Kier alpha value is -1.43. The summed E-state index contributed by atoms with van der Waals surface area (Å²) in [6, 6.07) is 0. The molecule has 0 spiro atoms. The van der Waals surface area contributed by atoms with Gasteiger partial charge in [-0.05, 0) is 13.5 Å². The maximum atomic E-state index is 11.2. The van der Waals surface area contributed by atoms with Gasteiger partial charge in [-0.2, -0.15) is 0 Å². The summed E-state index contributed by atoms with van der Waals surface area (Å²) < 4.78 is 1.75. The third-order valence-corrected chi connectivity index (χ3v) is 1.96. The summed E-state index contributed by atoms with van der Waals surface area (Å²) in [5, 5.41) is 13.3. The van der Waals surface area contributed by atoms with Crippen molar-refractivity contribution < 1.29 is 4.79 Å². The van der Waals surface area contributed by atoms with E-state index in [0.29, 0.717) is 13.0 Å². The van der Waals surface area contributed by atoms with E-state index in [-0.39, 0.29) is 5.91 Å². The summed E-state index contributed by atoms with van der Waals surface area (Å²) in [4.78, 5) is 11.2. The lowest BCUT2D eigenvalue weighted by atomic mass is 10.3. The van der Waals surface area contributed by atoms with E-state index in [1.54, 1.807) is 10.9 Å². The summed E-state index contributed by atoms with van der Waals surface area (Å²) in [6.07, 6.45) is 4.85. The van der Waals surface area contributed by atoms with E-state index in [2.05, 4.69) is 20.9 Å². The van der Waals surface area contributed by atoms with Gasteiger partial charge in [-0.25, -0.2) is 0 Å². The first kappa shape index (κ1) is 11.6. The van der Waals surface area contributed by atoms with Gasteiger partial charge in [-0.3, -0.25) is 9.48 Å². The Balaban J connectivity index is 1.99. The molecule has 0 unspecified atom stereocenters. The van der Waals surface area contributed by atoms with Crippen molar-refractivity contribution in [3.05, 3.63) is 12.4 Å². The molecule has 0 bridgehead atoms. The van der Waals surface area contributed by atoms with Gasteiger partial charge in [0.1, 0.15) is 0 Å². The number of carbonyl (C=O) groups excluding carboxylic acids is 1. The molecule has 1 aromatic heterocycles. The largest absolute Gasteiger partial charge is 0.356 e. The number of hydrogen-bond donors (Lipinski definition) is 2. The van der Waals surface area contributed by atoms with Crippen molar-refractivity contribution in [1.82, 2.24) is 25.6 Å². The Kier molecular flexibility index (Phi) is 5.39. The Bertz CT molecular complexity index is 272. The molecule has 0 fully saturated rings. The summed E-state index contributed by atoms with van der Waals surface area (Å²) in [7, 11) is 1.83. The van der Waals surface area contributed by atoms with Crippen LogP contribution >= 0.6 is 0 Å². The van der Waals surface area contributed by atoms with Crippen LogP contribution in [0.2, 0.25) is 0 Å². The SMILES string of the molecule is CNCCC(=O)NCCCn1ccnn1. The zero-order chi connectivity index (χ0) is 10.9. The predicted molar refractivity (Wildman–Crippen MR) is 56.2 cm³/mol. The Morgan fingerprint density at radius 3 is 3.00 bits per heavy atom. The number of carbonyl (C=O) groups is 1. The van der Waals surface area contributed by atoms with Gasteiger partial charge in [0.2, 0.25) is 5.91 Å². The average Bonchev–Trinajstić information content (AvgIpc) is 2.74. The van der Waals surface area contributed by atoms with Gasteiger partial charge in [-0.1, -0.05) is 5.21 Å². The fraction of sp³-hybridized carbons (Fsp3) is 0.667. The summed E-state index contributed by atoms with van der Waals surface area (Å²) in [5.74, 6) is 0.0861. The molecule has 15 heavy (non-hydrogen) atoms. The van der Waals surface area contributed by atoms with Crippen LogP contribution in [-0.2, 0) is 11.3 Å². The molecule has 0 atom stereocenters. The summed E-state index contributed by atoms with van der Waals surface area (Å²) >= 11 is 0. The molecule has 1 amide bonds. The van der Waals surface area contributed by atoms with Crippen LogP contribution in [0.15, 0.2) is 12.4 Å². The Labute approximate surface area is 89.0 Å². The molecule has 0 saturated carbocycles. The van der Waals surface area contributed by atoms with Gasteiger partial charge in [0.15, 0.2) is 0 Å². The maximum Gasteiger partial charge on any atom is 0.221 e. The van der Waals surface area contributed by atoms with E-state index in [9.17, 15) is 4.79 Å². The first-order chi connectivity index (χ1) is 7.33. The molecule has 0 aliphatic carbocycles. The highest BCUT2D eigenvalue weighted by atomic mass is 16.1. The monoisotopic (exact) mass is 211 g/mol. The van der Waals surface area contributed by atoms with E-state index in [1.807, 2.05) is 13.2 Å². The molecule has 2 N–H and O–H groups in total. The molecule has 84 valence electrons. The zero-order valence-electron chi connectivity index (χ0n) is 8.94. The molecular weight excluding hydrogens is 194 g/mol. The summed E-state index contributed by atoms with van der Waals surface area (Å²) in [5.41, 5.74) is 0. The van der Waals surface area contributed by atoms with Crippen LogP contribution in [0.25, 0.3) is 0 Å². The number of hydrogen-bond acceptors (Lipinski definition) is 4. The van der Waals surface area contributed by atoms with Crippen molar-refractivity contribution in [1.29, 1.82) is 0 Å². The minimum absolute atomic E-state index is 0.0861. The molecule has 0 radical (unpaired) electrons. The highest BCUT2D eigenvalue weighted by Gasteiger charge is 1.98. The van der Waals surface area contributed by atoms with Gasteiger partial charge in [0.25, 0.3) is 0 Å². The van der Waals surface area contributed by atoms with Crippen LogP contribution in [0.1, 0.15) is 12.8 Å². The lowest BCUT2D eigenvalue weighted by Crippen LogP contribution is -2.27. The molecule has 0 saturated heterocycles. The van der Waals surface area contributed by atoms with Gasteiger partial charge in [0.05, 0.1) is 6.20 Å². The number of amides is 1. The molecule has 6 heteroatoms. The molecule has 0 aliphatic rings. The van der Waals surface area contributed by atoms with Gasteiger partial charge in [0, 0.05) is 32.3 Å². The Morgan fingerprint density at radius 1 is 1.47 bits per heavy atom. The second kappa shape index (κ2) is 6.94. The number of nitrogens with one attached hydrogen (secondary N) is 2. The highest BCUT2D eigenvalue weighted by Crippen LogP contribution is 1.86. The standard InChI is InChI=1S/C9H17N5O/c1-10-5-3-9(15)11-4-2-7-14-8-6-12-13-14/h6,8,10H,2-5,7H2,1H3,(H,11,15). The molecule has 6 nitrogen and oxygen atoms in total. The second-order valence-corrected chi connectivity index (χ2v) is 3.22. The normalized spacial score (nSPS) is 10.2. The number of nitrogens with zero attached hydrogens (tertiary/aromatic N) is 3. The van der Waals surface area contributed by atoms with Crippen molar-refractivity contribution in [2.75, 3.05) is 20.1 Å². The van der Waals surface area contributed by atoms with Gasteiger partial charge in [-0.15, -0.1) is 5.10 Å². The molecule has 0 aromatic carbocycles. The van der Waals surface area contributed by atoms with Crippen LogP contribution in [0, 0.1) is 0 Å². The summed E-state index contributed by atoms with van der Waals surface area (Å²) in [6.45, 7) is 2.18. The maximum absolute atomic E-state index is 11.2. The van der Waals surface area contributed by atoms with E-state index in [0.717, 1.165) is 19.5 Å². The quantitative estimate of drug-likeness (QED) is 0.590. The van der Waals surface area contributed by atoms with E-state index in [1.165, 1.54) is 0 Å². The van der Waals surface area contributed by atoms with Crippen molar-refractivity contribution in [3.63, 3.8) is 0 Å².